The number of amides is 1. The number of carbonyl (C=O) groups excluding carboxylic acids is 1. The minimum atomic E-state index is -1.05. The van der Waals surface area contributed by atoms with Crippen LogP contribution in [0.25, 0.3) is 0 Å². The van der Waals surface area contributed by atoms with Gasteiger partial charge in [-0.2, -0.15) is 0 Å². The molecule has 6 nitrogen and oxygen atoms in total. The van der Waals surface area contributed by atoms with E-state index in [9.17, 15) is 19.5 Å². The minimum Gasteiger partial charge on any atom is -0.478 e. The Morgan fingerprint density at radius 3 is 2.60 bits per heavy atom. The number of pyridine rings is 1. The van der Waals surface area contributed by atoms with Crippen LogP contribution in [-0.4, -0.2) is 28.1 Å². The van der Waals surface area contributed by atoms with E-state index < -0.39 is 5.97 Å². The van der Waals surface area contributed by atoms with Gasteiger partial charge in [-0.05, 0) is 32.3 Å². The fraction of sp³-hybridized carbons (Fsp3) is 0.500. The van der Waals surface area contributed by atoms with Crippen molar-refractivity contribution in [2.45, 2.75) is 33.2 Å². The lowest BCUT2D eigenvalue weighted by Gasteiger charge is -2.14. The Hall–Kier alpha value is -2.11. The molecule has 20 heavy (non-hydrogen) atoms. The van der Waals surface area contributed by atoms with Gasteiger partial charge in [0.05, 0.1) is 5.56 Å². The van der Waals surface area contributed by atoms with Crippen molar-refractivity contribution in [1.29, 1.82) is 0 Å². The largest absolute Gasteiger partial charge is 0.478 e. The quantitative estimate of drug-likeness (QED) is 0.829. The smallest absolute Gasteiger partial charge is 0.337 e. The summed E-state index contributed by atoms with van der Waals surface area (Å²) in [5.41, 5.74) is 0.783. The van der Waals surface area contributed by atoms with Crippen molar-refractivity contribution < 1.29 is 14.7 Å². The Bertz CT molecular complexity index is 614. The first-order chi connectivity index (χ1) is 9.41. The molecule has 0 aromatic carbocycles. The van der Waals surface area contributed by atoms with Gasteiger partial charge in [-0.15, -0.1) is 0 Å². The van der Waals surface area contributed by atoms with Gasteiger partial charge >= 0.3 is 5.97 Å². The Labute approximate surface area is 116 Å². The number of nitrogens with zero attached hydrogens (tertiary/aromatic N) is 1. The molecule has 2 N–H and O–H groups in total. The second-order valence-electron chi connectivity index (χ2n) is 5.15. The number of hydrogen-bond acceptors (Lipinski definition) is 3. The van der Waals surface area contributed by atoms with Crippen LogP contribution in [0, 0.1) is 19.8 Å². The fourth-order valence-electron chi connectivity index (χ4n) is 2.30. The maximum atomic E-state index is 11.9. The zero-order chi connectivity index (χ0) is 14.9. The van der Waals surface area contributed by atoms with E-state index in [2.05, 4.69) is 5.32 Å². The third-order valence-electron chi connectivity index (χ3n) is 3.56. The predicted molar refractivity (Wildman–Crippen MR) is 72.9 cm³/mol. The Morgan fingerprint density at radius 1 is 1.40 bits per heavy atom. The molecule has 0 radical (unpaired) electrons. The van der Waals surface area contributed by atoms with Gasteiger partial charge in [0.25, 0.3) is 5.56 Å². The van der Waals surface area contributed by atoms with Gasteiger partial charge < -0.3 is 15.0 Å². The van der Waals surface area contributed by atoms with Gasteiger partial charge in [0.2, 0.25) is 5.91 Å². The average molecular weight is 278 g/mol. The molecular weight excluding hydrogens is 260 g/mol. The number of aromatic carboxylic acids is 1. The van der Waals surface area contributed by atoms with E-state index in [1.54, 1.807) is 13.8 Å². The van der Waals surface area contributed by atoms with Crippen molar-refractivity contribution in [2.24, 2.45) is 5.92 Å². The number of nitrogens with one attached hydrogen (secondary N) is 1. The topological polar surface area (TPSA) is 88.4 Å². The van der Waals surface area contributed by atoms with E-state index in [1.165, 1.54) is 10.6 Å². The molecule has 1 aliphatic carbocycles. The van der Waals surface area contributed by atoms with Crippen LogP contribution in [0.3, 0.4) is 0 Å². The van der Waals surface area contributed by atoms with Crippen LogP contribution in [-0.2, 0) is 11.3 Å². The number of rotatable bonds is 5. The summed E-state index contributed by atoms with van der Waals surface area (Å²) < 4.78 is 1.39. The van der Waals surface area contributed by atoms with Crippen molar-refractivity contribution in [1.82, 2.24) is 9.88 Å². The third-order valence-corrected chi connectivity index (χ3v) is 3.56. The summed E-state index contributed by atoms with van der Waals surface area (Å²) in [4.78, 5) is 34.6. The molecule has 0 bridgehead atoms. The lowest BCUT2D eigenvalue weighted by Crippen LogP contribution is -2.33. The molecular formula is C14H18N2O4. The SMILES string of the molecule is Cc1cc(=O)n(CCNC(=O)C2CC2)c(C)c1C(=O)O. The predicted octanol–water partition coefficient (Wildman–Crippen LogP) is 0.690. The normalized spacial score (nSPS) is 14.1. The van der Waals surface area contributed by atoms with Gasteiger partial charge in [-0.3, -0.25) is 9.59 Å². The number of hydrogen-bond donors (Lipinski definition) is 2. The van der Waals surface area contributed by atoms with E-state index in [1.807, 2.05) is 0 Å². The van der Waals surface area contributed by atoms with E-state index in [4.69, 9.17) is 0 Å². The van der Waals surface area contributed by atoms with Crippen molar-refractivity contribution in [2.75, 3.05) is 6.54 Å². The first-order valence-electron chi connectivity index (χ1n) is 6.64. The highest BCUT2D eigenvalue weighted by Crippen LogP contribution is 2.28. The zero-order valence-electron chi connectivity index (χ0n) is 11.6. The molecule has 0 unspecified atom stereocenters. The van der Waals surface area contributed by atoms with Gasteiger partial charge in [-0.1, -0.05) is 0 Å². The van der Waals surface area contributed by atoms with Crippen molar-refractivity contribution >= 4 is 11.9 Å². The van der Waals surface area contributed by atoms with E-state index in [0.717, 1.165) is 12.8 Å². The van der Waals surface area contributed by atoms with E-state index >= 15 is 0 Å². The highest BCUT2D eigenvalue weighted by atomic mass is 16.4. The first kappa shape index (κ1) is 14.3. The van der Waals surface area contributed by atoms with E-state index in [-0.39, 0.29) is 29.5 Å². The summed E-state index contributed by atoms with van der Waals surface area (Å²) in [5, 5.41) is 11.9. The maximum Gasteiger partial charge on any atom is 0.337 e. The average Bonchev–Trinajstić information content (AvgIpc) is 3.16. The first-order valence-corrected chi connectivity index (χ1v) is 6.64. The second-order valence-corrected chi connectivity index (χ2v) is 5.15. The minimum absolute atomic E-state index is 0.0151. The Kier molecular flexibility index (Phi) is 3.92. The van der Waals surface area contributed by atoms with Crippen LogP contribution in [0.2, 0.25) is 0 Å². The second kappa shape index (κ2) is 5.48. The standard InChI is InChI=1S/C14H18N2O4/c1-8-7-11(17)16(9(2)12(8)14(19)20)6-5-15-13(18)10-3-4-10/h7,10H,3-6H2,1-2H3,(H,15,18)(H,19,20). The highest BCUT2D eigenvalue weighted by molar-refractivity contribution is 5.90. The summed E-state index contributed by atoms with van der Waals surface area (Å²) in [5.74, 6) is -0.905. The zero-order valence-corrected chi connectivity index (χ0v) is 11.6. The van der Waals surface area contributed by atoms with Crippen LogP contribution < -0.4 is 10.9 Å². The molecule has 1 heterocycles. The molecule has 0 atom stereocenters. The van der Waals surface area contributed by atoms with Gasteiger partial charge in [0.15, 0.2) is 0 Å². The van der Waals surface area contributed by atoms with Crippen LogP contribution in [0.5, 0.6) is 0 Å². The maximum absolute atomic E-state index is 11.9. The van der Waals surface area contributed by atoms with Crippen LogP contribution >= 0.6 is 0 Å². The fourth-order valence-corrected chi connectivity index (χ4v) is 2.30. The summed E-state index contributed by atoms with van der Waals surface area (Å²) in [6.07, 6.45) is 1.86. The molecule has 0 aliphatic heterocycles. The van der Waals surface area contributed by atoms with Crippen LogP contribution in [0.1, 0.15) is 34.5 Å². The summed E-state index contributed by atoms with van der Waals surface area (Å²) in [7, 11) is 0. The molecule has 1 fully saturated rings. The molecule has 1 aromatic rings. The van der Waals surface area contributed by atoms with Gasteiger partial charge in [0, 0.05) is 30.8 Å². The van der Waals surface area contributed by atoms with Crippen LogP contribution in [0.4, 0.5) is 0 Å². The molecule has 1 amide bonds. The number of carboxylic acids is 1. The summed E-state index contributed by atoms with van der Waals surface area (Å²) >= 11 is 0. The van der Waals surface area contributed by atoms with Crippen molar-refractivity contribution in [3.8, 4) is 0 Å². The Morgan fingerprint density at radius 2 is 2.05 bits per heavy atom. The van der Waals surface area contributed by atoms with Crippen molar-refractivity contribution in [3.63, 3.8) is 0 Å². The molecule has 6 heteroatoms. The van der Waals surface area contributed by atoms with E-state index in [0.29, 0.717) is 17.8 Å². The lowest BCUT2D eigenvalue weighted by atomic mass is 10.1. The molecule has 1 aromatic heterocycles. The Balaban J connectivity index is 2.14. The number of aromatic nitrogens is 1. The van der Waals surface area contributed by atoms with Gasteiger partial charge in [-0.25, -0.2) is 4.79 Å². The third kappa shape index (κ3) is 2.89. The number of carbonyl (C=O) groups is 2. The number of carboxylic acid groups (broad SMARTS) is 1. The lowest BCUT2D eigenvalue weighted by molar-refractivity contribution is -0.122. The van der Waals surface area contributed by atoms with Crippen molar-refractivity contribution in [3.05, 3.63) is 33.2 Å². The highest BCUT2D eigenvalue weighted by Gasteiger charge is 2.29. The molecule has 0 saturated heterocycles. The molecule has 108 valence electrons. The monoisotopic (exact) mass is 278 g/mol. The molecule has 2 rings (SSSR count). The molecule has 0 spiro atoms. The number of aryl methyl sites for hydroxylation is 1. The van der Waals surface area contributed by atoms with Gasteiger partial charge in [0.1, 0.15) is 0 Å². The van der Waals surface area contributed by atoms with Crippen LogP contribution in [0.15, 0.2) is 10.9 Å². The molecule has 1 saturated carbocycles. The summed E-state index contributed by atoms with van der Waals surface area (Å²) in [6, 6.07) is 1.32. The molecule has 1 aliphatic rings. The summed E-state index contributed by atoms with van der Waals surface area (Å²) in [6.45, 7) is 3.83.